The van der Waals surface area contributed by atoms with Crippen molar-refractivity contribution in [1.82, 2.24) is 0 Å². The molecule has 0 aliphatic rings. The predicted octanol–water partition coefficient (Wildman–Crippen LogP) is 4.57. The second kappa shape index (κ2) is 9.67. The molecule has 0 amide bonds. The highest BCUT2D eigenvalue weighted by Gasteiger charge is 2.18. The number of carboxylic acid groups (broad SMARTS) is 2. The SMILES string of the molecule is CCc1c(Br)cc([N+](=O)[O-])cc1C(=O)O.CCc1ccccc1C(=O)O. The second-order valence-electron chi connectivity index (χ2n) is 5.19. The van der Waals surface area contributed by atoms with Crippen LogP contribution in [0.3, 0.4) is 0 Å². The van der Waals surface area contributed by atoms with Crippen molar-refractivity contribution in [3.05, 3.63) is 73.2 Å². The van der Waals surface area contributed by atoms with Gasteiger partial charge in [0.25, 0.3) is 5.69 Å². The summed E-state index contributed by atoms with van der Waals surface area (Å²) in [5.74, 6) is -2.00. The first-order valence-electron chi connectivity index (χ1n) is 7.74. The lowest BCUT2D eigenvalue weighted by Crippen LogP contribution is -2.04. The molecule has 2 aromatic carbocycles. The van der Waals surface area contributed by atoms with Crippen LogP contribution in [-0.2, 0) is 12.8 Å². The number of aromatic carboxylic acids is 2. The van der Waals surface area contributed by atoms with E-state index < -0.39 is 16.9 Å². The van der Waals surface area contributed by atoms with Gasteiger partial charge in [-0.05, 0) is 30.0 Å². The molecule has 2 N–H and O–H groups in total. The van der Waals surface area contributed by atoms with E-state index in [1.54, 1.807) is 19.1 Å². The molecule has 8 heteroatoms. The average Bonchev–Trinajstić information content (AvgIpc) is 2.61. The summed E-state index contributed by atoms with van der Waals surface area (Å²) in [6.45, 7) is 3.74. The zero-order chi connectivity index (χ0) is 19.9. The van der Waals surface area contributed by atoms with E-state index in [1.165, 1.54) is 6.07 Å². The molecule has 138 valence electrons. The molecule has 2 aromatic rings. The van der Waals surface area contributed by atoms with Crippen LogP contribution in [0.25, 0.3) is 0 Å². The van der Waals surface area contributed by atoms with Gasteiger partial charge in [-0.1, -0.05) is 48.0 Å². The standard InChI is InChI=1S/C9H8BrNO4.C9H10O2/c1-2-6-7(9(12)13)3-5(11(14)15)4-8(6)10;1-2-7-5-3-4-6-8(7)9(10)11/h3-4H,2H2,1H3,(H,12,13);3-6H,2H2,1H3,(H,10,11). The summed E-state index contributed by atoms with van der Waals surface area (Å²) in [5.41, 5.74) is 1.61. The van der Waals surface area contributed by atoms with Crippen molar-refractivity contribution in [3.8, 4) is 0 Å². The Balaban J connectivity index is 0.000000273. The Bertz CT molecular complexity index is 834. The zero-order valence-corrected chi connectivity index (χ0v) is 15.8. The monoisotopic (exact) mass is 423 g/mol. The number of rotatable bonds is 5. The van der Waals surface area contributed by atoms with Crippen molar-refractivity contribution in [1.29, 1.82) is 0 Å². The maximum atomic E-state index is 10.9. The second-order valence-corrected chi connectivity index (χ2v) is 6.04. The first kappa shape index (κ1) is 21.3. The molecular weight excluding hydrogens is 406 g/mol. The van der Waals surface area contributed by atoms with Crippen LogP contribution in [0.2, 0.25) is 0 Å². The fourth-order valence-corrected chi connectivity index (χ4v) is 3.04. The van der Waals surface area contributed by atoms with Crippen molar-refractivity contribution >= 4 is 33.6 Å². The molecule has 2 rings (SSSR count). The van der Waals surface area contributed by atoms with Crippen LogP contribution in [0.15, 0.2) is 40.9 Å². The molecule has 7 nitrogen and oxygen atoms in total. The lowest BCUT2D eigenvalue weighted by molar-refractivity contribution is -0.385. The summed E-state index contributed by atoms with van der Waals surface area (Å²) in [6.07, 6.45) is 1.27. The van der Waals surface area contributed by atoms with E-state index in [1.807, 2.05) is 19.1 Å². The van der Waals surface area contributed by atoms with E-state index >= 15 is 0 Å². The maximum Gasteiger partial charge on any atom is 0.336 e. The van der Waals surface area contributed by atoms with Crippen molar-refractivity contribution in [2.75, 3.05) is 0 Å². The molecule has 26 heavy (non-hydrogen) atoms. The summed E-state index contributed by atoms with van der Waals surface area (Å²) in [6, 6.07) is 9.44. The van der Waals surface area contributed by atoms with Crippen molar-refractivity contribution < 1.29 is 24.7 Å². The van der Waals surface area contributed by atoms with E-state index in [2.05, 4.69) is 15.9 Å². The number of nitrogens with zero attached hydrogens (tertiary/aromatic N) is 1. The number of halogens is 1. The van der Waals surface area contributed by atoms with E-state index in [0.29, 0.717) is 22.0 Å². The third-order valence-electron chi connectivity index (χ3n) is 3.60. The molecule has 0 aromatic heterocycles. The van der Waals surface area contributed by atoms with E-state index in [4.69, 9.17) is 10.2 Å². The Kier molecular flexibility index (Phi) is 7.92. The number of benzene rings is 2. The first-order chi connectivity index (χ1) is 12.2. The van der Waals surface area contributed by atoms with Gasteiger partial charge in [0.05, 0.1) is 16.1 Å². The fraction of sp³-hybridized carbons (Fsp3) is 0.222. The molecule has 0 fully saturated rings. The van der Waals surface area contributed by atoms with Crippen LogP contribution in [0.1, 0.15) is 45.7 Å². The van der Waals surface area contributed by atoms with Crippen LogP contribution in [0.5, 0.6) is 0 Å². The Labute approximate surface area is 158 Å². The smallest absolute Gasteiger partial charge is 0.336 e. The quantitative estimate of drug-likeness (QED) is 0.537. The third-order valence-corrected chi connectivity index (χ3v) is 4.31. The van der Waals surface area contributed by atoms with Crippen molar-refractivity contribution in [2.45, 2.75) is 26.7 Å². The number of aryl methyl sites for hydroxylation is 1. The van der Waals surface area contributed by atoms with Gasteiger partial charge in [-0.2, -0.15) is 0 Å². The largest absolute Gasteiger partial charge is 0.478 e. The molecule has 0 saturated heterocycles. The van der Waals surface area contributed by atoms with Crippen LogP contribution < -0.4 is 0 Å². The van der Waals surface area contributed by atoms with Crippen molar-refractivity contribution in [3.63, 3.8) is 0 Å². The highest BCUT2D eigenvalue weighted by molar-refractivity contribution is 9.10. The zero-order valence-electron chi connectivity index (χ0n) is 14.2. The summed E-state index contributed by atoms with van der Waals surface area (Å²) in [7, 11) is 0. The normalized spacial score (nSPS) is 9.81. The molecule has 0 saturated carbocycles. The minimum atomic E-state index is -1.16. The topological polar surface area (TPSA) is 118 Å². The van der Waals surface area contributed by atoms with E-state index in [9.17, 15) is 19.7 Å². The van der Waals surface area contributed by atoms with Crippen LogP contribution in [-0.4, -0.2) is 27.1 Å². The molecule has 0 heterocycles. The number of nitro groups is 1. The fourth-order valence-electron chi connectivity index (χ4n) is 2.32. The number of carbonyl (C=O) groups is 2. The van der Waals surface area contributed by atoms with Crippen LogP contribution >= 0.6 is 15.9 Å². The van der Waals surface area contributed by atoms with Gasteiger partial charge >= 0.3 is 11.9 Å². The Hall–Kier alpha value is -2.74. The number of non-ortho nitro benzene ring substituents is 1. The Morgan fingerprint density at radius 3 is 2.04 bits per heavy atom. The number of hydrogen-bond acceptors (Lipinski definition) is 4. The predicted molar refractivity (Wildman–Crippen MR) is 99.9 cm³/mol. The molecule has 0 radical (unpaired) electrons. The minimum absolute atomic E-state index is 0.0291. The molecule has 0 aliphatic heterocycles. The summed E-state index contributed by atoms with van der Waals surface area (Å²) < 4.78 is 0.455. The van der Waals surface area contributed by atoms with Gasteiger partial charge in [-0.25, -0.2) is 9.59 Å². The van der Waals surface area contributed by atoms with Gasteiger partial charge in [0.2, 0.25) is 0 Å². The number of nitro benzene ring substituents is 1. The van der Waals surface area contributed by atoms with Gasteiger partial charge in [-0.3, -0.25) is 10.1 Å². The summed E-state index contributed by atoms with van der Waals surface area (Å²) in [5, 5.41) is 28.1. The molecule has 0 bridgehead atoms. The number of hydrogen-bond donors (Lipinski definition) is 2. The van der Waals surface area contributed by atoms with E-state index in [0.717, 1.165) is 18.1 Å². The maximum absolute atomic E-state index is 10.9. The highest BCUT2D eigenvalue weighted by atomic mass is 79.9. The minimum Gasteiger partial charge on any atom is -0.478 e. The third kappa shape index (κ3) is 5.38. The van der Waals surface area contributed by atoms with Gasteiger partial charge in [0.15, 0.2) is 0 Å². The van der Waals surface area contributed by atoms with Gasteiger partial charge in [0, 0.05) is 16.6 Å². The molecule has 0 aliphatic carbocycles. The Morgan fingerprint density at radius 1 is 1.04 bits per heavy atom. The first-order valence-corrected chi connectivity index (χ1v) is 8.53. The lowest BCUT2D eigenvalue weighted by Gasteiger charge is -2.05. The van der Waals surface area contributed by atoms with Gasteiger partial charge in [-0.15, -0.1) is 0 Å². The summed E-state index contributed by atoms with van der Waals surface area (Å²) >= 11 is 3.13. The number of carboxylic acids is 2. The Morgan fingerprint density at radius 2 is 1.62 bits per heavy atom. The lowest BCUT2D eigenvalue weighted by atomic mass is 10.0. The highest BCUT2D eigenvalue weighted by Crippen LogP contribution is 2.27. The average molecular weight is 424 g/mol. The van der Waals surface area contributed by atoms with Crippen LogP contribution in [0, 0.1) is 10.1 Å². The molecule has 0 spiro atoms. The molecule has 0 unspecified atom stereocenters. The molecular formula is C18H18BrNO6. The van der Waals surface area contributed by atoms with Gasteiger partial charge < -0.3 is 10.2 Å². The summed E-state index contributed by atoms with van der Waals surface area (Å²) in [4.78, 5) is 31.3. The molecule has 0 atom stereocenters. The van der Waals surface area contributed by atoms with Gasteiger partial charge in [0.1, 0.15) is 0 Å². The van der Waals surface area contributed by atoms with Crippen molar-refractivity contribution in [2.24, 2.45) is 0 Å². The van der Waals surface area contributed by atoms with Crippen LogP contribution in [0.4, 0.5) is 5.69 Å². The van der Waals surface area contributed by atoms with E-state index in [-0.39, 0.29) is 11.3 Å².